The Balaban J connectivity index is 2.39. The van der Waals surface area contributed by atoms with Gasteiger partial charge >= 0.3 is 0 Å². The van der Waals surface area contributed by atoms with Crippen LogP contribution in [0.1, 0.15) is 20.3 Å². The van der Waals surface area contributed by atoms with E-state index in [1.807, 2.05) is 6.92 Å². The van der Waals surface area contributed by atoms with Crippen LogP contribution in [0.3, 0.4) is 0 Å². The minimum Gasteiger partial charge on any atom is -0.394 e. The first-order valence-corrected chi connectivity index (χ1v) is 5.91. The molecular formula is C12H21NO3. The molecule has 1 N–H and O–H groups in total. The zero-order chi connectivity index (χ0) is 12.0. The number of aliphatic hydroxyl groups excluding tert-OH is 1. The molecule has 3 aliphatic rings. The van der Waals surface area contributed by atoms with E-state index in [4.69, 9.17) is 4.74 Å². The zero-order valence-corrected chi connectivity index (χ0v) is 10.3. The molecule has 3 aliphatic heterocycles. The monoisotopic (exact) mass is 227 g/mol. The van der Waals surface area contributed by atoms with Crippen molar-refractivity contribution < 1.29 is 14.6 Å². The number of hydrogen-bond acceptors (Lipinski definition) is 4. The second kappa shape index (κ2) is 3.79. The third-order valence-corrected chi connectivity index (χ3v) is 4.67. The quantitative estimate of drug-likeness (QED) is 0.753. The van der Waals surface area contributed by atoms with Crippen LogP contribution < -0.4 is 0 Å². The van der Waals surface area contributed by atoms with Gasteiger partial charge in [0.1, 0.15) is 5.54 Å². The number of Topliss-reactive ketones (excluding diaryl/α,β-unsaturated/α-hetero) is 1. The Morgan fingerprint density at radius 1 is 1.62 bits per heavy atom. The Bertz CT molecular complexity index is 307. The minimum atomic E-state index is -0.783. The topological polar surface area (TPSA) is 49.8 Å². The zero-order valence-electron chi connectivity index (χ0n) is 10.3. The summed E-state index contributed by atoms with van der Waals surface area (Å²) < 4.78 is 5.16. The van der Waals surface area contributed by atoms with E-state index < -0.39 is 5.54 Å². The molecule has 16 heavy (non-hydrogen) atoms. The first-order valence-electron chi connectivity index (χ1n) is 5.91. The number of methoxy groups -OCH3 is 1. The van der Waals surface area contributed by atoms with Crippen molar-refractivity contribution in [2.24, 2.45) is 11.3 Å². The predicted molar refractivity (Wildman–Crippen MR) is 60.2 cm³/mol. The van der Waals surface area contributed by atoms with Crippen LogP contribution in [0.4, 0.5) is 0 Å². The number of fused-ring (bicyclic) bond motifs is 3. The lowest BCUT2D eigenvalue weighted by atomic mass is 9.59. The largest absolute Gasteiger partial charge is 0.394 e. The van der Waals surface area contributed by atoms with Gasteiger partial charge in [0, 0.05) is 25.6 Å². The standard InChI is InChI=1S/C12H21NO3/c1-9-6-13-5-4-11(9,2)10(15)12(13,7-14)8-16-3/h9,14H,4-8H2,1-3H3/t9-,11-,12-/m1/s1. The van der Waals surface area contributed by atoms with Crippen molar-refractivity contribution in [1.82, 2.24) is 4.90 Å². The number of piperidine rings is 3. The average Bonchev–Trinajstić information content (AvgIpc) is 2.27. The van der Waals surface area contributed by atoms with Gasteiger partial charge in [-0.3, -0.25) is 9.69 Å². The number of rotatable bonds is 3. The van der Waals surface area contributed by atoms with Crippen molar-refractivity contribution >= 4 is 5.78 Å². The summed E-state index contributed by atoms with van der Waals surface area (Å²) in [5.74, 6) is 0.527. The minimum absolute atomic E-state index is 0.137. The number of ketones is 1. The number of nitrogens with zero attached hydrogens (tertiary/aromatic N) is 1. The SMILES string of the molecule is COC[C@]1(CO)C(=O)[C@]2(C)CCN1C[C@H]2C. The first-order chi connectivity index (χ1) is 7.51. The van der Waals surface area contributed by atoms with Crippen molar-refractivity contribution in [2.75, 3.05) is 33.4 Å². The van der Waals surface area contributed by atoms with Crippen LogP contribution in [0.2, 0.25) is 0 Å². The molecule has 0 aromatic heterocycles. The molecule has 3 rings (SSSR count). The van der Waals surface area contributed by atoms with E-state index in [9.17, 15) is 9.90 Å². The predicted octanol–water partition coefficient (Wildman–Crippen LogP) is 0.295. The summed E-state index contributed by atoms with van der Waals surface area (Å²) in [7, 11) is 1.58. The summed E-state index contributed by atoms with van der Waals surface area (Å²) in [5.41, 5.74) is -1.07. The molecule has 3 fully saturated rings. The van der Waals surface area contributed by atoms with Gasteiger partial charge in [0.2, 0.25) is 0 Å². The molecule has 92 valence electrons. The lowest BCUT2D eigenvalue weighted by molar-refractivity contribution is -0.177. The Kier molecular flexibility index (Phi) is 2.85. The third kappa shape index (κ3) is 1.30. The Morgan fingerprint density at radius 2 is 2.31 bits per heavy atom. The summed E-state index contributed by atoms with van der Waals surface area (Å²) >= 11 is 0. The number of carbonyl (C=O) groups excluding carboxylic acids is 1. The summed E-state index contributed by atoms with van der Waals surface area (Å²) in [4.78, 5) is 14.7. The molecule has 3 heterocycles. The normalized spacial score (nSPS) is 47.4. The molecule has 4 heteroatoms. The number of carbonyl (C=O) groups is 1. The lowest BCUT2D eigenvalue weighted by Gasteiger charge is -2.59. The number of hydrogen-bond donors (Lipinski definition) is 1. The molecule has 0 saturated carbocycles. The van der Waals surface area contributed by atoms with Crippen LogP contribution in [-0.4, -0.2) is 54.7 Å². The molecular weight excluding hydrogens is 206 g/mol. The highest BCUT2D eigenvalue weighted by atomic mass is 16.5. The van der Waals surface area contributed by atoms with Gasteiger partial charge in [-0.1, -0.05) is 13.8 Å². The molecule has 0 amide bonds. The Labute approximate surface area is 96.6 Å². The molecule has 0 aromatic rings. The highest BCUT2D eigenvalue weighted by molar-refractivity contribution is 5.95. The van der Waals surface area contributed by atoms with E-state index in [0.717, 1.165) is 19.5 Å². The molecule has 4 atom stereocenters. The van der Waals surface area contributed by atoms with E-state index in [0.29, 0.717) is 12.5 Å². The van der Waals surface area contributed by atoms with Crippen molar-refractivity contribution in [1.29, 1.82) is 0 Å². The number of ether oxygens (including phenoxy) is 1. The van der Waals surface area contributed by atoms with Gasteiger partial charge in [-0.15, -0.1) is 0 Å². The molecule has 0 aliphatic carbocycles. The first kappa shape index (κ1) is 12.0. The van der Waals surface area contributed by atoms with Gasteiger partial charge in [0.15, 0.2) is 5.78 Å². The molecule has 1 unspecified atom stereocenters. The van der Waals surface area contributed by atoms with Gasteiger partial charge in [-0.05, 0) is 12.3 Å². The lowest BCUT2D eigenvalue weighted by Crippen LogP contribution is -2.74. The van der Waals surface area contributed by atoms with E-state index in [1.165, 1.54) is 0 Å². The van der Waals surface area contributed by atoms with Crippen molar-refractivity contribution in [3.63, 3.8) is 0 Å². The highest BCUT2D eigenvalue weighted by Crippen LogP contribution is 2.48. The van der Waals surface area contributed by atoms with E-state index in [2.05, 4.69) is 11.8 Å². The van der Waals surface area contributed by atoms with Gasteiger partial charge in [-0.25, -0.2) is 0 Å². The van der Waals surface area contributed by atoms with Crippen LogP contribution in [0.15, 0.2) is 0 Å². The molecule has 0 radical (unpaired) electrons. The fraction of sp³-hybridized carbons (Fsp3) is 0.917. The average molecular weight is 227 g/mol. The summed E-state index contributed by atoms with van der Waals surface area (Å²) in [5, 5.41) is 9.62. The van der Waals surface area contributed by atoms with Crippen molar-refractivity contribution in [3.05, 3.63) is 0 Å². The summed E-state index contributed by atoms with van der Waals surface area (Å²) in [6.07, 6.45) is 0.901. The fourth-order valence-electron chi connectivity index (χ4n) is 3.25. The maximum absolute atomic E-state index is 12.6. The highest BCUT2D eigenvalue weighted by Gasteiger charge is 2.60. The fourth-order valence-corrected chi connectivity index (χ4v) is 3.25. The van der Waals surface area contributed by atoms with Crippen molar-refractivity contribution in [2.45, 2.75) is 25.8 Å². The maximum atomic E-state index is 12.6. The van der Waals surface area contributed by atoms with Gasteiger partial charge in [-0.2, -0.15) is 0 Å². The van der Waals surface area contributed by atoms with Crippen LogP contribution in [0.5, 0.6) is 0 Å². The van der Waals surface area contributed by atoms with E-state index in [-0.39, 0.29) is 17.8 Å². The number of aliphatic hydroxyl groups is 1. The van der Waals surface area contributed by atoms with Gasteiger partial charge in [0.05, 0.1) is 13.2 Å². The van der Waals surface area contributed by atoms with Crippen molar-refractivity contribution in [3.8, 4) is 0 Å². The molecule has 3 saturated heterocycles. The van der Waals surface area contributed by atoms with Crippen LogP contribution in [-0.2, 0) is 9.53 Å². The second-order valence-electron chi connectivity index (χ2n) is 5.47. The summed E-state index contributed by atoms with van der Waals surface area (Å²) in [6.45, 7) is 6.09. The maximum Gasteiger partial charge on any atom is 0.164 e. The van der Waals surface area contributed by atoms with Gasteiger partial charge < -0.3 is 9.84 Å². The van der Waals surface area contributed by atoms with Crippen LogP contribution in [0.25, 0.3) is 0 Å². The molecule has 4 nitrogen and oxygen atoms in total. The van der Waals surface area contributed by atoms with Gasteiger partial charge in [0.25, 0.3) is 0 Å². The van der Waals surface area contributed by atoms with Crippen LogP contribution in [0, 0.1) is 11.3 Å². The van der Waals surface area contributed by atoms with E-state index in [1.54, 1.807) is 7.11 Å². The second-order valence-corrected chi connectivity index (χ2v) is 5.47. The van der Waals surface area contributed by atoms with Crippen LogP contribution >= 0.6 is 0 Å². The molecule has 0 spiro atoms. The Hall–Kier alpha value is -0.450. The molecule has 2 bridgehead atoms. The van der Waals surface area contributed by atoms with E-state index >= 15 is 0 Å². The third-order valence-electron chi connectivity index (χ3n) is 4.67. The molecule has 0 aromatic carbocycles. The Morgan fingerprint density at radius 3 is 2.81 bits per heavy atom. The summed E-state index contributed by atoms with van der Waals surface area (Å²) in [6, 6.07) is 0. The smallest absolute Gasteiger partial charge is 0.164 e.